The third-order valence-electron chi connectivity index (χ3n) is 4.84. The van der Waals surface area contributed by atoms with Gasteiger partial charge in [-0.2, -0.15) is 0 Å². The molecule has 0 saturated heterocycles. The number of benzene rings is 1. The molecule has 27 heavy (non-hydrogen) atoms. The highest BCUT2D eigenvalue weighted by Gasteiger charge is 2.24. The molecule has 7 heteroatoms. The zero-order valence-electron chi connectivity index (χ0n) is 15.1. The first kappa shape index (κ1) is 17.9. The van der Waals surface area contributed by atoms with E-state index in [9.17, 15) is 9.59 Å². The molecule has 0 bridgehead atoms. The van der Waals surface area contributed by atoms with Crippen LogP contribution < -0.4 is 14.8 Å². The van der Waals surface area contributed by atoms with Gasteiger partial charge in [0.2, 0.25) is 6.79 Å². The van der Waals surface area contributed by atoms with Crippen LogP contribution in [0.25, 0.3) is 0 Å². The fraction of sp³-hybridized carbons (Fsp3) is 0.400. The molecular weight excluding hydrogens is 366 g/mol. The van der Waals surface area contributed by atoms with E-state index < -0.39 is 12.1 Å². The fourth-order valence-electron chi connectivity index (χ4n) is 3.33. The maximum absolute atomic E-state index is 12.5. The number of carbonyl (C=O) groups excluding carboxylic acids is 2. The van der Waals surface area contributed by atoms with Crippen molar-refractivity contribution in [3.8, 4) is 11.5 Å². The van der Waals surface area contributed by atoms with Gasteiger partial charge < -0.3 is 19.5 Å². The second-order valence-corrected chi connectivity index (χ2v) is 7.68. The third kappa shape index (κ3) is 3.78. The van der Waals surface area contributed by atoms with Gasteiger partial charge in [0.1, 0.15) is 0 Å². The van der Waals surface area contributed by atoms with E-state index in [0.29, 0.717) is 23.6 Å². The lowest BCUT2D eigenvalue weighted by Crippen LogP contribution is -2.35. The molecule has 1 N–H and O–H groups in total. The number of ether oxygens (including phenoxy) is 3. The first-order valence-electron chi connectivity index (χ1n) is 9.08. The van der Waals surface area contributed by atoms with E-state index in [1.54, 1.807) is 18.3 Å². The van der Waals surface area contributed by atoms with Crippen LogP contribution in [-0.2, 0) is 28.9 Å². The molecule has 0 radical (unpaired) electrons. The molecule has 4 rings (SSSR count). The highest BCUT2D eigenvalue weighted by Crippen LogP contribution is 2.32. The van der Waals surface area contributed by atoms with Crippen LogP contribution in [0.4, 0.5) is 0 Å². The molecule has 142 valence electrons. The Balaban J connectivity index is 1.32. The lowest BCUT2D eigenvalue weighted by molar-refractivity contribution is -0.129. The topological polar surface area (TPSA) is 73.9 Å². The number of carbonyl (C=O) groups is 2. The Bertz CT molecular complexity index is 875. The summed E-state index contributed by atoms with van der Waals surface area (Å²) in [5.74, 6) is 0.625. The number of aryl methyl sites for hydroxylation is 1. The van der Waals surface area contributed by atoms with Crippen molar-refractivity contribution in [3.05, 3.63) is 45.1 Å². The highest BCUT2D eigenvalue weighted by atomic mass is 32.1. The number of rotatable bonds is 5. The summed E-state index contributed by atoms with van der Waals surface area (Å²) < 4.78 is 16.0. The standard InChI is InChI=1S/C20H21NO5S/c1-12(26-20(23)15-10-27-18-5-3-2-4-14(15)18)19(22)21-9-13-6-7-16-17(8-13)25-11-24-16/h6-8,10,12H,2-5,9,11H2,1H3,(H,21,22)/t12-/m1/s1. The minimum absolute atomic E-state index is 0.213. The normalized spacial score (nSPS) is 15.7. The monoisotopic (exact) mass is 387 g/mol. The number of amides is 1. The summed E-state index contributed by atoms with van der Waals surface area (Å²) >= 11 is 1.61. The summed E-state index contributed by atoms with van der Waals surface area (Å²) in [5.41, 5.74) is 2.60. The molecule has 1 aliphatic carbocycles. The van der Waals surface area contributed by atoms with E-state index >= 15 is 0 Å². The van der Waals surface area contributed by atoms with Crippen molar-refractivity contribution in [2.45, 2.75) is 45.3 Å². The minimum atomic E-state index is -0.856. The maximum Gasteiger partial charge on any atom is 0.340 e. The zero-order chi connectivity index (χ0) is 18.8. The molecule has 2 aliphatic rings. The van der Waals surface area contributed by atoms with Crippen LogP contribution in [0, 0.1) is 0 Å². The third-order valence-corrected chi connectivity index (χ3v) is 5.93. The Morgan fingerprint density at radius 3 is 2.93 bits per heavy atom. The molecule has 2 heterocycles. The summed E-state index contributed by atoms with van der Waals surface area (Å²) in [6.07, 6.45) is 3.34. The predicted octanol–water partition coefficient (Wildman–Crippen LogP) is 3.22. The van der Waals surface area contributed by atoms with Gasteiger partial charge >= 0.3 is 5.97 Å². The van der Waals surface area contributed by atoms with Crippen molar-refractivity contribution >= 4 is 23.2 Å². The molecule has 0 saturated carbocycles. The maximum atomic E-state index is 12.5. The van der Waals surface area contributed by atoms with Crippen molar-refractivity contribution < 1.29 is 23.8 Å². The molecule has 2 aromatic rings. The van der Waals surface area contributed by atoms with E-state index in [4.69, 9.17) is 14.2 Å². The number of hydrogen-bond acceptors (Lipinski definition) is 6. The average molecular weight is 387 g/mol. The van der Waals surface area contributed by atoms with Gasteiger partial charge in [0.05, 0.1) is 5.56 Å². The van der Waals surface area contributed by atoms with Crippen LogP contribution in [0.1, 0.15) is 46.1 Å². The van der Waals surface area contributed by atoms with Crippen molar-refractivity contribution in [1.82, 2.24) is 5.32 Å². The number of esters is 1. The van der Waals surface area contributed by atoms with Gasteiger partial charge in [-0.25, -0.2) is 4.79 Å². The summed E-state index contributed by atoms with van der Waals surface area (Å²) in [7, 11) is 0. The summed E-state index contributed by atoms with van der Waals surface area (Å²) in [5, 5.41) is 4.65. The van der Waals surface area contributed by atoms with Crippen LogP contribution in [0.2, 0.25) is 0 Å². The van der Waals surface area contributed by atoms with Crippen molar-refractivity contribution in [1.29, 1.82) is 0 Å². The second kappa shape index (κ2) is 7.60. The van der Waals surface area contributed by atoms with Gasteiger partial charge in [0, 0.05) is 16.8 Å². The van der Waals surface area contributed by atoms with Crippen LogP contribution in [0.3, 0.4) is 0 Å². The molecule has 1 aromatic carbocycles. The molecule has 0 fully saturated rings. The Morgan fingerprint density at radius 2 is 2.04 bits per heavy atom. The van der Waals surface area contributed by atoms with E-state index in [1.165, 1.54) is 11.3 Å². The van der Waals surface area contributed by atoms with E-state index in [1.807, 2.05) is 23.6 Å². The molecule has 1 aliphatic heterocycles. The predicted molar refractivity (Wildman–Crippen MR) is 100 cm³/mol. The Morgan fingerprint density at radius 1 is 1.22 bits per heavy atom. The molecule has 0 unspecified atom stereocenters. The lowest BCUT2D eigenvalue weighted by Gasteiger charge is -2.15. The van der Waals surface area contributed by atoms with E-state index in [-0.39, 0.29) is 12.7 Å². The number of thiophene rings is 1. The molecular formula is C20H21NO5S. The Hall–Kier alpha value is -2.54. The van der Waals surface area contributed by atoms with Gasteiger partial charge in [-0.1, -0.05) is 6.07 Å². The van der Waals surface area contributed by atoms with Gasteiger partial charge in [-0.15, -0.1) is 11.3 Å². The average Bonchev–Trinajstić information content (AvgIpc) is 3.32. The first-order chi connectivity index (χ1) is 13.1. The largest absolute Gasteiger partial charge is 0.454 e. The van der Waals surface area contributed by atoms with E-state index in [0.717, 1.165) is 30.4 Å². The zero-order valence-corrected chi connectivity index (χ0v) is 15.9. The summed E-state index contributed by atoms with van der Waals surface area (Å²) in [4.78, 5) is 26.0. The molecule has 6 nitrogen and oxygen atoms in total. The summed E-state index contributed by atoms with van der Waals surface area (Å²) in [6.45, 7) is 2.13. The number of hydrogen-bond donors (Lipinski definition) is 1. The Labute approximate surface area is 161 Å². The lowest BCUT2D eigenvalue weighted by atomic mass is 9.96. The van der Waals surface area contributed by atoms with Crippen LogP contribution in [-0.4, -0.2) is 24.8 Å². The van der Waals surface area contributed by atoms with Crippen molar-refractivity contribution in [3.63, 3.8) is 0 Å². The van der Waals surface area contributed by atoms with Crippen LogP contribution in [0.15, 0.2) is 23.6 Å². The van der Waals surface area contributed by atoms with Gasteiger partial charge in [-0.05, 0) is 55.9 Å². The highest BCUT2D eigenvalue weighted by molar-refractivity contribution is 7.10. The first-order valence-corrected chi connectivity index (χ1v) is 9.96. The smallest absolute Gasteiger partial charge is 0.340 e. The number of nitrogens with one attached hydrogen (secondary N) is 1. The van der Waals surface area contributed by atoms with Crippen LogP contribution >= 0.6 is 11.3 Å². The number of fused-ring (bicyclic) bond motifs is 2. The van der Waals surface area contributed by atoms with Crippen molar-refractivity contribution in [2.24, 2.45) is 0 Å². The van der Waals surface area contributed by atoms with Gasteiger partial charge in [0.15, 0.2) is 17.6 Å². The second-order valence-electron chi connectivity index (χ2n) is 6.71. The van der Waals surface area contributed by atoms with Crippen LogP contribution in [0.5, 0.6) is 11.5 Å². The molecule has 1 aromatic heterocycles. The van der Waals surface area contributed by atoms with Crippen molar-refractivity contribution in [2.75, 3.05) is 6.79 Å². The van der Waals surface area contributed by atoms with E-state index in [2.05, 4.69) is 5.32 Å². The molecule has 1 amide bonds. The summed E-state index contributed by atoms with van der Waals surface area (Å²) in [6, 6.07) is 5.51. The van der Waals surface area contributed by atoms with Gasteiger partial charge in [0.25, 0.3) is 5.91 Å². The van der Waals surface area contributed by atoms with Gasteiger partial charge in [-0.3, -0.25) is 4.79 Å². The minimum Gasteiger partial charge on any atom is -0.454 e. The quantitative estimate of drug-likeness (QED) is 0.798. The molecule has 0 spiro atoms. The Kier molecular flexibility index (Phi) is 5.03. The SMILES string of the molecule is C[C@@H](OC(=O)c1csc2c1CCCC2)C(=O)NCc1ccc2c(c1)OCO2. The fourth-order valence-corrected chi connectivity index (χ4v) is 4.44. The molecule has 1 atom stereocenters.